The predicted octanol–water partition coefficient (Wildman–Crippen LogP) is 3.74. The Balaban J connectivity index is 1.74. The van der Waals surface area contributed by atoms with Gasteiger partial charge in [-0.05, 0) is 23.8 Å². The lowest BCUT2D eigenvalue weighted by atomic mass is 9.91. The first-order valence-corrected chi connectivity index (χ1v) is 7.57. The van der Waals surface area contributed by atoms with Crippen molar-refractivity contribution in [3.63, 3.8) is 0 Å². The molecule has 1 aliphatic heterocycles. The Hall–Kier alpha value is -2.24. The third-order valence-corrected chi connectivity index (χ3v) is 4.42. The molecule has 2 atom stereocenters. The molecule has 0 unspecified atom stereocenters. The fraction of sp³-hybridized carbons (Fsp3) is 0.176. The molecule has 1 aliphatic rings. The molecule has 0 N–H and O–H groups in total. The second kappa shape index (κ2) is 5.44. The molecule has 0 aliphatic carbocycles. The molecule has 2 aromatic carbocycles. The largest absolute Gasteiger partial charge is 0.354 e. The van der Waals surface area contributed by atoms with Crippen LogP contribution in [0.5, 0.6) is 0 Å². The van der Waals surface area contributed by atoms with Crippen molar-refractivity contribution in [2.24, 2.45) is 0 Å². The second-order valence-corrected chi connectivity index (χ2v) is 5.92. The summed E-state index contributed by atoms with van der Waals surface area (Å²) in [4.78, 5) is 3.97. The van der Waals surface area contributed by atoms with Gasteiger partial charge in [0.05, 0.1) is 6.54 Å². The highest BCUT2D eigenvalue weighted by Gasteiger charge is 2.59. The molecule has 0 spiro atoms. The molecule has 0 amide bonds. The van der Waals surface area contributed by atoms with Crippen LogP contribution in [0.4, 0.5) is 4.39 Å². The Kier molecular flexibility index (Phi) is 3.39. The van der Waals surface area contributed by atoms with Crippen molar-refractivity contribution >= 4 is 11.6 Å². The Bertz CT molecular complexity index is 822. The molecule has 0 bridgehead atoms. The van der Waals surface area contributed by atoms with Crippen molar-refractivity contribution in [2.75, 3.05) is 0 Å². The highest BCUT2D eigenvalue weighted by atomic mass is 35.5. The second-order valence-electron chi connectivity index (χ2n) is 5.51. The van der Waals surface area contributed by atoms with Gasteiger partial charge in [-0.2, -0.15) is 5.10 Å². The number of hydrogen-bond donors (Lipinski definition) is 0. The van der Waals surface area contributed by atoms with E-state index in [1.807, 2.05) is 24.3 Å². The van der Waals surface area contributed by atoms with Gasteiger partial charge in [-0.15, -0.1) is 0 Å². The van der Waals surface area contributed by atoms with E-state index in [0.29, 0.717) is 11.6 Å². The lowest BCUT2D eigenvalue weighted by molar-refractivity contribution is 0.262. The maximum absolute atomic E-state index is 13.3. The van der Waals surface area contributed by atoms with E-state index in [0.717, 1.165) is 11.1 Å². The zero-order chi connectivity index (χ0) is 15.9. The summed E-state index contributed by atoms with van der Waals surface area (Å²) in [5.41, 5.74) is 1.18. The highest BCUT2D eigenvalue weighted by Crippen LogP contribution is 2.59. The van der Waals surface area contributed by atoms with Crippen LogP contribution in [0, 0.1) is 5.82 Å². The molecule has 116 valence electrons. The average Bonchev–Trinajstić information content (AvgIpc) is 3.02. The monoisotopic (exact) mass is 331 g/mol. The minimum absolute atomic E-state index is 0.203. The van der Waals surface area contributed by atoms with Crippen LogP contribution in [0.2, 0.25) is 5.02 Å². The van der Waals surface area contributed by atoms with Crippen LogP contribution in [-0.2, 0) is 16.9 Å². The van der Waals surface area contributed by atoms with Crippen LogP contribution >= 0.6 is 11.6 Å². The summed E-state index contributed by atoms with van der Waals surface area (Å²) in [6.07, 6.45) is 2.91. The first-order valence-electron chi connectivity index (χ1n) is 7.20. The van der Waals surface area contributed by atoms with Crippen LogP contribution in [0.15, 0.2) is 61.2 Å². The molecule has 1 saturated heterocycles. The van der Waals surface area contributed by atoms with E-state index in [4.69, 9.17) is 16.3 Å². The third-order valence-electron chi connectivity index (χ3n) is 4.08. The fourth-order valence-electron chi connectivity index (χ4n) is 2.90. The zero-order valence-electron chi connectivity index (χ0n) is 12.1. The van der Waals surface area contributed by atoms with E-state index in [1.165, 1.54) is 18.5 Å². The van der Waals surface area contributed by atoms with E-state index >= 15 is 0 Å². The molecule has 6 heteroatoms. The summed E-state index contributed by atoms with van der Waals surface area (Å²) in [6, 6.07) is 13.9. The number of hydrogen-bond acceptors (Lipinski definition) is 3. The lowest BCUT2D eigenvalue weighted by Gasteiger charge is -2.14. The standard InChI is InChI=1S/C17H13ClFN3O/c18-15-4-2-1-3-14(15)16-17(23-16,9-22-11-20-10-21-22)12-5-7-13(19)8-6-12/h1-8,10-11,16H,9H2/t16-,17-/m1/s1/i10+2. The van der Waals surface area contributed by atoms with Gasteiger partial charge < -0.3 is 4.74 Å². The van der Waals surface area contributed by atoms with Gasteiger partial charge in [-0.25, -0.2) is 14.1 Å². The van der Waals surface area contributed by atoms with Gasteiger partial charge in [0.1, 0.15) is 30.2 Å². The molecule has 4 nitrogen and oxygen atoms in total. The number of rotatable bonds is 4. The summed E-state index contributed by atoms with van der Waals surface area (Å²) in [5.74, 6) is -0.278. The Morgan fingerprint density at radius 2 is 2.00 bits per heavy atom. The van der Waals surface area contributed by atoms with Crippen molar-refractivity contribution < 1.29 is 9.13 Å². The van der Waals surface area contributed by atoms with Crippen LogP contribution in [0.3, 0.4) is 0 Å². The number of ether oxygens (including phenoxy) is 1. The van der Waals surface area contributed by atoms with Crippen molar-refractivity contribution in [3.05, 3.63) is 83.2 Å². The zero-order valence-corrected chi connectivity index (χ0v) is 12.8. The SMILES string of the molecule is Fc1ccc([C@@]2(Cn3cn[14cH]n3)O[C@@H]2c2ccccc2Cl)cc1. The minimum Gasteiger partial charge on any atom is -0.354 e. The fourth-order valence-corrected chi connectivity index (χ4v) is 3.13. The summed E-state index contributed by atoms with van der Waals surface area (Å²) >= 11 is 6.31. The number of aromatic nitrogens is 3. The normalized spacial score (nSPS) is 23.0. The summed E-state index contributed by atoms with van der Waals surface area (Å²) in [5, 5.41) is 4.81. The molecule has 4 rings (SSSR count). The Morgan fingerprint density at radius 3 is 2.70 bits per heavy atom. The maximum Gasteiger partial charge on any atom is 0.144 e. The van der Waals surface area contributed by atoms with Crippen molar-refractivity contribution in [3.8, 4) is 0 Å². The number of nitrogens with zero attached hydrogens (tertiary/aromatic N) is 3. The average molecular weight is 332 g/mol. The Morgan fingerprint density at radius 1 is 1.22 bits per heavy atom. The number of epoxide rings is 1. The van der Waals surface area contributed by atoms with E-state index in [1.54, 1.807) is 23.1 Å². The summed E-state index contributed by atoms with van der Waals surface area (Å²) in [6.45, 7) is 0.481. The van der Waals surface area contributed by atoms with Crippen LogP contribution < -0.4 is 0 Å². The van der Waals surface area contributed by atoms with Gasteiger partial charge in [0, 0.05) is 10.6 Å². The van der Waals surface area contributed by atoms with Crippen molar-refractivity contribution in [1.82, 2.24) is 14.8 Å². The van der Waals surface area contributed by atoms with E-state index in [-0.39, 0.29) is 11.9 Å². The summed E-state index contributed by atoms with van der Waals surface area (Å²) in [7, 11) is 0. The maximum atomic E-state index is 13.3. The van der Waals surface area contributed by atoms with Crippen LogP contribution in [0.25, 0.3) is 0 Å². The van der Waals surface area contributed by atoms with E-state index in [2.05, 4.69) is 10.1 Å². The minimum atomic E-state index is -0.619. The molecule has 1 aromatic heterocycles. The molecule has 3 aromatic rings. The quantitative estimate of drug-likeness (QED) is 0.684. The van der Waals surface area contributed by atoms with Gasteiger partial charge in [-0.3, -0.25) is 0 Å². The smallest absolute Gasteiger partial charge is 0.144 e. The molecule has 1 fully saturated rings. The van der Waals surface area contributed by atoms with E-state index in [9.17, 15) is 4.39 Å². The van der Waals surface area contributed by atoms with Gasteiger partial charge >= 0.3 is 0 Å². The molecule has 23 heavy (non-hydrogen) atoms. The number of benzene rings is 2. The third kappa shape index (κ3) is 2.52. The molecular weight excluding hydrogens is 319 g/mol. The number of halogens is 2. The van der Waals surface area contributed by atoms with E-state index < -0.39 is 5.60 Å². The van der Waals surface area contributed by atoms with Gasteiger partial charge in [0.15, 0.2) is 0 Å². The van der Waals surface area contributed by atoms with Crippen molar-refractivity contribution in [1.29, 1.82) is 0 Å². The van der Waals surface area contributed by atoms with Crippen LogP contribution in [-0.4, -0.2) is 14.8 Å². The summed E-state index contributed by atoms with van der Waals surface area (Å²) < 4.78 is 21.1. The topological polar surface area (TPSA) is 43.2 Å². The Labute approximate surface area is 137 Å². The molecule has 0 saturated carbocycles. The van der Waals surface area contributed by atoms with Gasteiger partial charge in [-0.1, -0.05) is 41.9 Å². The first kappa shape index (κ1) is 14.4. The molecular formula is C17H13ClFN3O. The molecule has 2 heterocycles. The predicted molar refractivity (Wildman–Crippen MR) is 83.4 cm³/mol. The first-order chi connectivity index (χ1) is 11.2. The van der Waals surface area contributed by atoms with Gasteiger partial charge in [0.25, 0.3) is 0 Å². The van der Waals surface area contributed by atoms with Gasteiger partial charge in [0.2, 0.25) is 0 Å². The highest BCUT2D eigenvalue weighted by molar-refractivity contribution is 6.31. The molecule has 0 radical (unpaired) electrons. The van der Waals surface area contributed by atoms with Crippen LogP contribution in [0.1, 0.15) is 17.2 Å². The van der Waals surface area contributed by atoms with Crippen molar-refractivity contribution in [2.45, 2.75) is 18.2 Å². The lowest BCUT2D eigenvalue weighted by Crippen LogP contribution is -2.19.